The first kappa shape index (κ1) is 17.5. The maximum Gasteiger partial charge on any atom is 0.256 e. The Labute approximate surface area is 155 Å². The summed E-state index contributed by atoms with van der Waals surface area (Å²) in [5, 5.41) is 12.5. The van der Waals surface area contributed by atoms with Crippen LogP contribution < -0.4 is 5.32 Å². The fraction of sp³-hybridized carbons (Fsp3) is 0.105. The van der Waals surface area contributed by atoms with Crippen molar-refractivity contribution < 1.29 is 4.79 Å². The Morgan fingerprint density at radius 3 is 2.36 bits per heavy atom. The van der Waals surface area contributed by atoms with E-state index in [1.807, 2.05) is 49.4 Å². The maximum absolute atomic E-state index is 12.2. The molecule has 1 N–H and O–H groups in total. The highest BCUT2D eigenvalue weighted by Crippen LogP contribution is 2.22. The van der Waals surface area contributed by atoms with Crippen molar-refractivity contribution in [2.75, 3.05) is 5.32 Å². The molecule has 2 aromatic carbocycles. The van der Waals surface area contributed by atoms with Crippen LogP contribution in [0.1, 0.15) is 21.5 Å². The number of thioether (sulfide) groups is 1. The molecule has 0 bridgehead atoms. The Balaban J connectivity index is 1.57. The lowest BCUT2D eigenvalue weighted by atomic mass is 10.1. The first-order valence-electron chi connectivity index (χ1n) is 7.69. The molecule has 0 aliphatic rings. The van der Waals surface area contributed by atoms with Gasteiger partial charge in [-0.05, 0) is 48.9 Å². The lowest BCUT2D eigenvalue weighted by Gasteiger charge is -2.05. The number of nitrogens with zero attached hydrogens (tertiary/aromatic N) is 2. The van der Waals surface area contributed by atoms with Crippen molar-refractivity contribution in [3.63, 3.8) is 0 Å². The van der Waals surface area contributed by atoms with Crippen LogP contribution in [0.4, 0.5) is 5.82 Å². The van der Waals surface area contributed by atoms with Gasteiger partial charge in [0.1, 0.15) is 5.03 Å². The first-order valence-corrected chi connectivity index (χ1v) is 9.05. The van der Waals surface area contributed by atoms with Crippen LogP contribution >= 0.6 is 23.4 Å². The molecule has 25 heavy (non-hydrogen) atoms. The Kier molecular flexibility index (Phi) is 5.68. The predicted molar refractivity (Wildman–Crippen MR) is 102 cm³/mol. The monoisotopic (exact) mass is 369 g/mol. The van der Waals surface area contributed by atoms with E-state index in [0.717, 1.165) is 26.9 Å². The van der Waals surface area contributed by atoms with Crippen molar-refractivity contribution in [3.8, 4) is 0 Å². The number of hydrogen-bond donors (Lipinski definition) is 1. The number of rotatable bonds is 5. The van der Waals surface area contributed by atoms with Crippen LogP contribution in [0, 0.1) is 6.92 Å². The van der Waals surface area contributed by atoms with E-state index < -0.39 is 0 Å². The highest BCUT2D eigenvalue weighted by Gasteiger charge is 2.07. The fourth-order valence-electron chi connectivity index (χ4n) is 2.10. The number of aromatic nitrogens is 2. The van der Waals surface area contributed by atoms with Gasteiger partial charge in [0.15, 0.2) is 5.82 Å². The Bertz CT molecular complexity index is 849. The molecule has 4 nitrogen and oxygen atoms in total. The van der Waals surface area contributed by atoms with Crippen molar-refractivity contribution in [2.45, 2.75) is 17.7 Å². The van der Waals surface area contributed by atoms with Crippen LogP contribution in [-0.2, 0) is 5.75 Å². The minimum absolute atomic E-state index is 0.198. The second-order valence-corrected chi connectivity index (χ2v) is 6.92. The summed E-state index contributed by atoms with van der Waals surface area (Å²) in [5.41, 5.74) is 2.86. The number of anilines is 1. The van der Waals surface area contributed by atoms with Crippen LogP contribution in [-0.4, -0.2) is 16.1 Å². The average molecular weight is 370 g/mol. The van der Waals surface area contributed by atoms with Gasteiger partial charge < -0.3 is 5.32 Å². The molecule has 0 fully saturated rings. The van der Waals surface area contributed by atoms with Crippen LogP contribution in [0.2, 0.25) is 5.02 Å². The van der Waals surface area contributed by atoms with Crippen LogP contribution in [0.3, 0.4) is 0 Å². The minimum atomic E-state index is -0.198. The molecule has 1 aromatic heterocycles. The zero-order chi connectivity index (χ0) is 17.6. The Morgan fingerprint density at radius 2 is 1.72 bits per heavy atom. The van der Waals surface area contributed by atoms with Crippen molar-refractivity contribution in [1.82, 2.24) is 10.2 Å². The number of amides is 1. The molecular formula is C19H16ClN3OS. The number of carbonyl (C=O) groups is 1. The number of aryl methyl sites for hydroxylation is 1. The average Bonchev–Trinajstić information content (AvgIpc) is 2.63. The molecule has 0 aliphatic heterocycles. The van der Waals surface area contributed by atoms with E-state index in [1.165, 1.54) is 0 Å². The van der Waals surface area contributed by atoms with E-state index in [1.54, 1.807) is 30.0 Å². The maximum atomic E-state index is 12.2. The minimum Gasteiger partial charge on any atom is -0.305 e. The molecule has 0 spiro atoms. The van der Waals surface area contributed by atoms with Crippen molar-refractivity contribution in [2.24, 2.45) is 0 Å². The molecule has 0 unspecified atom stereocenters. The highest BCUT2D eigenvalue weighted by atomic mass is 35.5. The zero-order valence-electron chi connectivity index (χ0n) is 13.6. The summed E-state index contributed by atoms with van der Waals surface area (Å²) < 4.78 is 0. The Hall–Kier alpha value is -2.37. The molecule has 0 saturated heterocycles. The molecule has 126 valence electrons. The molecular weight excluding hydrogens is 354 g/mol. The number of halogens is 1. The molecule has 1 heterocycles. The van der Waals surface area contributed by atoms with Gasteiger partial charge in [-0.25, -0.2) is 0 Å². The van der Waals surface area contributed by atoms with Gasteiger partial charge in [0.25, 0.3) is 5.91 Å². The van der Waals surface area contributed by atoms with E-state index in [4.69, 9.17) is 11.6 Å². The predicted octanol–water partition coefficient (Wildman–Crippen LogP) is 4.98. The van der Waals surface area contributed by atoms with Crippen LogP contribution in [0.15, 0.2) is 65.7 Å². The standard InChI is InChI=1S/C19H16ClN3OS/c1-13-2-6-15(7-3-13)19(24)21-17-10-11-18(23-22-17)25-12-14-4-8-16(20)9-5-14/h2-11H,12H2,1H3,(H,21,22,24). The third kappa shape index (κ3) is 5.05. The van der Waals surface area contributed by atoms with Gasteiger partial charge in [0.05, 0.1) is 0 Å². The quantitative estimate of drug-likeness (QED) is 0.644. The van der Waals surface area contributed by atoms with Gasteiger partial charge >= 0.3 is 0 Å². The number of nitrogens with one attached hydrogen (secondary N) is 1. The molecule has 0 aliphatic carbocycles. The summed E-state index contributed by atoms with van der Waals surface area (Å²) in [6, 6.07) is 18.7. The van der Waals surface area contributed by atoms with Gasteiger partial charge in [-0.3, -0.25) is 4.79 Å². The van der Waals surface area contributed by atoms with Crippen LogP contribution in [0.25, 0.3) is 0 Å². The Morgan fingerprint density at radius 1 is 1.00 bits per heavy atom. The lowest BCUT2D eigenvalue weighted by molar-refractivity contribution is 0.102. The number of benzene rings is 2. The summed E-state index contributed by atoms with van der Waals surface area (Å²) in [6.45, 7) is 1.98. The van der Waals surface area contributed by atoms with Gasteiger partial charge in [0.2, 0.25) is 0 Å². The van der Waals surface area contributed by atoms with Gasteiger partial charge in [-0.15, -0.1) is 10.2 Å². The second-order valence-electron chi connectivity index (χ2n) is 5.49. The highest BCUT2D eigenvalue weighted by molar-refractivity contribution is 7.98. The van der Waals surface area contributed by atoms with E-state index >= 15 is 0 Å². The summed E-state index contributed by atoms with van der Waals surface area (Å²) >= 11 is 7.45. The molecule has 0 atom stereocenters. The van der Waals surface area contributed by atoms with E-state index in [2.05, 4.69) is 15.5 Å². The molecule has 0 radical (unpaired) electrons. The van der Waals surface area contributed by atoms with Crippen LogP contribution in [0.5, 0.6) is 0 Å². The topological polar surface area (TPSA) is 54.9 Å². The molecule has 6 heteroatoms. The molecule has 0 saturated carbocycles. The third-order valence-corrected chi connectivity index (χ3v) is 4.74. The van der Waals surface area contributed by atoms with Crippen molar-refractivity contribution >= 4 is 35.1 Å². The molecule has 3 rings (SSSR count). The van der Waals surface area contributed by atoms with Crippen molar-refractivity contribution in [1.29, 1.82) is 0 Å². The lowest BCUT2D eigenvalue weighted by Crippen LogP contribution is -2.13. The fourth-order valence-corrected chi connectivity index (χ4v) is 2.99. The SMILES string of the molecule is Cc1ccc(C(=O)Nc2ccc(SCc3ccc(Cl)cc3)nn2)cc1. The van der Waals surface area contributed by atoms with Gasteiger partial charge in [-0.1, -0.05) is 53.2 Å². The van der Waals surface area contributed by atoms with E-state index in [0.29, 0.717) is 11.4 Å². The van der Waals surface area contributed by atoms with Crippen molar-refractivity contribution in [3.05, 3.63) is 82.4 Å². The zero-order valence-corrected chi connectivity index (χ0v) is 15.1. The summed E-state index contributed by atoms with van der Waals surface area (Å²) in [6.07, 6.45) is 0. The summed E-state index contributed by atoms with van der Waals surface area (Å²) in [5.74, 6) is 1.01. The normalized spacial score (nSPS) is 10.5. The van der Waals surface area contributed by atoms with Gasteiger partial charge in [0, 0.05) is 16.3 Å². The smallest absolute Gasteiger partial charge is 0.256 e. The number of hydrogen-bond acceptors (Lipinski definition) is 4. The second kappa shape index (κ2) is 8.14. The molecule has 1 amide bonds. The third-order valence-electron chi connectivity index (χ3n) is 3.50. The van der Waals surface area contributed by atoms with E-state index in [-0.39, 0.29) is 5.91 Å². The summed E-state index contributed by atoms with van der Waals surface area (Å²) in [7, 11) is 0. The largest absolute Gasteiger partial charge is 0.305 e. The summed E-state index contributed by atoms with van der Waals surface area (Å²) in [4.78, 5) is 12.2. The number of carbonyl (C=O) groups excluding carboxylic acids is 1. The first-order chi connectivity index (χ1) is 12.1. The molecule has 3 aromatic rings. The van der Waals surface area contributed by atoms with E-state index in [9.17, 15) is 4.79 Å². The van der Waals surface area contributed by atoms with Gasteiger partial charge in [-0.2, -0.15) is 0 Å².